The normalized spacial score (nSPS) is 10.7. The van der Waals surface area contributed by atoms with Crippen molar-refractivity contribution >= 4 is 23.1 Å². The first kappa shape index (κ1) is 18.1. The molecule has 3 rings (SSSR count). The molecular formula is C21H17N3O3. The maximum atomic E-state index is 12.0. The Morgan fingerprint density at radius 3 is 2.07 bits per heavy atom. The van der Waals surface area contributed by atoms with Crippen molar-refractivity contribution < 1.29 is 14.3 Å². The number of pyridine rings is 1. The van der Waals surface area contributed by atoms with Gasteiger partial charge in [0.05, 0.1) is 16.9 Å². The first-order valence-corrected chi connectivity index (χ1v) is 8.43. The fourth-order valence-corrected chi connectivity index (χ4v) is 2.26. The molecule has 0 aliphatic carbocycles. The zero-order valence-corrected chi connectivity index (χ0v) is 14.7. The highest BCUT2D eigenvalue weighted by Gasteiger charge is 2.08. The Bertz CT molecular complexity index is 950. The predicted octanol–water partition coefficient (Wildman–Crippen LogP) is 5.31. The van der Waals surface area contributed by atoms with E-state index in [4.69, 9.17) is 4.74 Å². The second-order valence-corrected chi connectivity index (χ2v) is 5.65. The number of benzene rings is 2. The molecule has 0 saturated carbocycles. The van der Waals surface area contributed by atoms with Crippen molar-refractivity contribution in [2.45, 2.75) is 13.3 Å². The number of hydrogen-bond donors (Lipinski definition) is 0. The highest BCUT2D eigenvalue weighted by atomic mass is 16.5. The van der Waals surface area contributed by atoms with Crippen LogP contribution in [0.3, 0.4) is 0 Å². The third kappa shape index (κ3) is 4.92. The van der Waals surface area contributed by atoms with Crippen LogP contribution >= 0.6 is 0 Å². The summed E-state index contributed by atoms with van der Waals surface area (Å²) in [5, 5.41) is 8.28. The second-order valence-electron chi connectivity index (χ2n) is 5.65. The third-order valence-electron chi connectivity index (χ3n) is 3.74. The number of nitrogens with zero attached hydrogens (tertiary/aromatic N) is 3. The molecule has 27 heavy (non-hydrogen) atoms. The second kappa shape index (κ2) is 8.62. The lowest BCUT2D eigenvalue weighted by Gasteiger charge is -2.03. The van der Waals surface area contributed by atoms with E-state index >= 15 is 0 Å². The number of azo groups is 1. The van der Waals surface area contributed by atoms with Gasteiger partial charge in [-0.25, -0.2) is 4.79 Å². The largest absolute Gasteiger partial charge is 0.423 e. The summed E-state index contributed by atoms with van der Waals surface area (Å²) in [4.78, 5) is 27.5. The van der Waals surface area contributed by atoms with Crippen LogP contribution in [-0.2, 0) is 0 Å². The molecule has 1 aromatic heterocycles. The smallest absolute Gasteiger partial charge is 0.345 e. The van der Waals surface area contributed by atoms with Gasteiger partial charge < -0.3 is 4.74 Å². The van der Waals surface area contributed by atoms with Crippen LogP contribution in [0.1, 0.15) is 34.1 Å². The molecule has 3 aromatic rings. The molecule has 6 heteroatoms. The molecule has 0 aliphatic rings. The van der Waals surface area contributed by atoms with E-state index in [0.29, 0.717) is 34.7 Å². The van der Waals surface area contributed by atoms with Crippen LogP contribution in [0, 0.1) is 0 Å². The number of esters is 1. The van der Waals surface area contributed by atoms with Gasteiger partial charge >= 0.3 is 5.97 Å². The Morgan fingerprint density at radius 2 is 1.52 bits per heavy atom. The lowest BCUT2D eigenvalue weighted by molar-refractivity contribution is 0.0734. The van der Waals surface area contributed by atoms with Crippen molar-refractivity contribution in [1.82, 2.24) is 4.98 Å². The fraction of sp³-hybridized carbons (Fsp3) is 0.0952. The standard InChI is InChI=1S/C21H17N3O3/c1-2-20(25)15-5-7-17(8-6-15)23-24-18-9-11-19(12-10-18)27-21(26)16-4-3-13-22-14-16/h3-14H,2H2,1H3. The van der Waals surface area contributed by atoms with Gasteiger partial charge in [0.15, 0.2) is 5.78 Å². The topological polar surface area (TPSA) is 81.0 Å². The van der Waals surface area contributed by atoms with Crippen molar-refractivity contribution in [2.75, 3.05) is 0 Å². The molecule has 0 spiro atoms. The zero-order valence-electron chi connectivity index (χ0n) is 14.7. The SMILES string of the molecule is CCC(=O)c1ccc(N=Nc2ccc(OC(=O)c3cccnc3)cc2)cc1. The Hall–Kier alpha value is -3.67. The van der Waals surface area contributed by atoms with Crippen molar-refractivity contribution in [3.63, 3.8) is 0 Å². The summed E-state index contributed by atoms with van der Waals surface area (Å²) in [6.45, 7) is 1.83. The van der Waals surface area contributed by atoms with Crippen LogP contribution in [-0.4, -0.2) is 16.7 Å². The lowest BCUT2D eigenvalue weighted by atomic mass is 10.1. The van der Waals surface area contributed by atoms with Gasteiger partial charge in [0.1, 0.15) is 5.75 Å². The summed E-state index contributed by atoms with van der Waals surface area (Å²) >= 11 is 0. The Labute approximate surface area is 156 Å². The van der Waals surface area contributed by atoms with Gasteiger partial charge in [0, 0.05) is 24.4 Å². The minimum atomic E-state index is -0.473. The number of carbonyl (C=O) groups excluding carboxylic acids is 2. The monoisotopic (exact) mass is 359 g/mol. The molecule has 6 nitrogen and oxygen atoms in total. The summed E-state index contributed by atoms with van der Waals surface area (Å²) in [7, 11) is 0. The van der Waals surface area contributed by atoms with Gasteiger partial charge in [-0.1, -0.05) is 6.92 Å². The number of ketones is 1. The van der Waals surface area contributed by atoms with Gasteiger partial charge in [-0.3, -0.25) is 9.78 Å². The van der Waals surface area contributed by atoms with Crippen molar-refractivity contribution in [1.29, 1.82) is 0 Å². The lowest BCUT2D eigenvalue weighted by Crippen LogP contribution is -2.08. The van der Waals surface area contributed by atoms with Crippen molar-refractivity contribution in [3.05, 3.63) is 84.2 Å². The maximum Gasteiger partial charge on any atom is 0.345 e. The molecule has 134 valence electrons. The highest BCUT2D eigenvalue weighted by Crippen LogP contribution is 2.22. The van der Waals surface area contributed by atoms with Gasteiger partial charge in [-0.15, -0.1) is 0 Å². The highest BCUT2D eigenvalue weighted by molar-refractivity contribution is 5.96. The van der Waals surface area contributed by atoms with Gasteiger partial charge in [-0.05, 0) is 60.7 Å². The first-order valence-electron chi connectivity index (χ1n) is 8.43. The summed E-state index contributed by atoms with van der Waals surface area (Å²) in [6, 6.07) is 17.0. The molecule has 0 radical (unpaired) electrons. The summed E-state index contributed by atoms with van der Waals surface area (Å²) < 4.78 is 5.28. The summed E-state index contributed by atoms with van der Waals surface area (Å²) in [5.74, 6) is 0.0272. The number of aromatic nitrogens is 1. The molecule has 0 aliphatic heterocycles. The number of hydrogen-bond acceptors (Lipinski definition) is 6. The van der Waals surface area contributed by atoms with Gasteiger partial charge in [0.25, 0.3) is 0 Å². The van der Waals surface area contributed by atoms with E-state index in [2.05, 4.69) is 15.2 Å². The quantitative estimate of drug-likeness (QED) is 0.258. The molecule has 0 saturated heterocycles. The van der Waals surface area contributed by atoms with Crippen molar-refractivity contribution in [3.8, 4) is 5.75 Å². The minimum Gasteiger partial charge on any atom is -0.423 e. The Balaban J connectivity index is 1.62. The molecule has 0 bridgehead atoms. The molecule has 0 N–H and O–H groups in total. The average molecular weight is 359 g/mol. The van der Waals surface area contributed by atoms with Gasteiger partial charge in [0.2, 0.25) is 0 Å². The maximum absolute atomic E-state index is 12.0. The van der Waals surface area contributed by atoms with Crippen LogP contribution in [0.15, 0.2) is 83.3 Å². The summed E-state index contributed by atoms with van der Waals surface area (Å²) in [6.07, 6.45) is 3.51. The zero-order chi connectivity index (χ0) is 19.1. The third-order valence-corrected chi connectivity index (χ3v) is 3.74. The average Bonchev–Trinajstić information content (AvgIpc) is 2.73. The molecule has 0 fully saturated rings. The van der Waals surface area contributed by atoms with E-state index in [1.807, 2.05) is 6.92 Å². The van der Waals surface area contributed by atoms with Crippen LogP contribution in [0.25, 0.3) is 0 Å². The number of ether oxygens (including phenoxy) is 1. The van der Waals surface area contributed by atoms with E-state index < -0.39 is 5.97 Å². The predicted molar refractivity (Wildman–Crippen MR) is 101 cm³/mol. The van der Waals surface area contributed by atoms with E-state index in [9.17, 15) is 9.59 Å². The van der Waals surface area contributed by atoms with Crippen LogP contribution in [0.2, 0.25) is 0 Å². The van der Waals surface area contributed by atoms with E-state index in [-0.39, 0.29) is 5.78 Å². The number of rotatable bonds is 6. The summed E-state index contributed by atoms with van der Waals surface area (Å²) in [5.41, 5.74) is 2.31. The molecule has 0 amide bonds. The number of carbonyl (C=O) groups is 2. The van der Waals surface area contributed by atoms with Crippen LogP contribution in [0.4, 0.5) is 11.4 Å². The first-order chi connectivity index (χ1) is 13.2. The number of Topliss-reactive ketones (excluding diaryl/α,β-unsaturated/α-hetero) is 1. The molecular weight excluding hydrogens is 342 g/mol. The van der Waals surface area contributed by atoms with E-state index in [1.165, 1.54) is 6.20 Å². The van der Waals surface area contributed by atoms with Crippen LogP contribution in [0.5, 0.6) is 5.75 Å². The Kier molecular flexibility index (Phi) is 5.79. The van der Waals surface area contributed by atoms with E-state index in [1.54, 1.807) is 66.9 Å². The fourth-order valence-electron chi connectivity index (χ4n) is 2.26. The van der Waals surface area contributed by atoms with Crippen LogP contribution < -0.4 is 4.74 Å². The van der Waals surface area contributed by atoms with Crippen molar-refractivity contribution in [2.24, 2.45) is 10.2 Å². The van der Waals surface area contributed by atoms with Gasteiger partial charge in [-0.2, -0.15) is 10.2 Å². The molecule has 0 unspecified atom stereocenters. The minimum absolute atomic E-state index is 0.0925. The molecule has 1 heterocycles. The molecule has 2 aromatic carbocycles. The Morgan fingerprint density at radius 1 is 0.889 bits per heavy atom. The molecule has 0 atom stereocenters. The van der Waals surface area contributed by atoms with E-state index in [0.717, 1.165) is 0 Å².